The minimum Gasteiger partial charge on any atom is -0.381 e. The molecule has 1 heterocycles. The van der Waals surface area contributed by atoms with Crippen molar-refractivity contribution < 1.29 is 4.74 Å². The van der Waals surface area contributed by atoms with Crippen LogP contribution in [0.5, 0.6) is 0 Å². The van der Waals surface area contributed by atoms with Crippen LogP contribution in [-0.2, 0) is 4.74 Å². The predicted octanol–water partition coefficient (Wildman–Crippen LogP) is 3.22. The van der Waals surface area contributed by atoms with Gasteiger partial charge in [0.1, 0.15) is 0 Å². The zero-order chi connectivity index (χ0) is 12.0. The van der Waals surface area contributed by atoms with Crippen LogP contribution in [0.15, 0.2) is 0 Å². The molecule has 2 nitrogen and oxygen atoms in total. The molecule has 96 valence electrons. The quantitative estimate of drug-likeness (QED) is 0.778. The second kappa shape index (κ2) is 6.61. The van der Waals surface area contributed by atoms with Gasteiger partial charge in [0.15, 0.2) is 0 Å². The van der Waals surface area contributed by atoms with E-state index in [0.29, 0.717) is 11.5 Å². The Hall–Kier alpha value is -0.0800. The van der Waals surface area contributed by atoms with Crippen molar-refractivity contribution in [1.29, 1.82) is 0 Å². The highest BCUT2D eigenvalue weighted by Crippen LogP contribution is 2.26. The van der Waals surface area contributed by atoms with Gasteiger partial charge in [-0.2, -0.15) is 0 Å². The standard InChI is InChI=1S/C14H29NO/c1-14(2,3)13(15-4)7-5-6-12-8-10-16-11-9-12/h12-13,15H,5-11H2,1-4H3. The largest absolute Gasteiger partial charge is 0.381 e. The highest BCUT2D eigenvalue weighted by Gasteiger charge is 2.23. The molecule has 0 aromatic carbocycles. The summed E-state index contributed by atoms with van der Waals surface area (Å²) in [4.78, 5) is 0. The Balaban J connectivity index is 2.17. The molecule has 1 N–H and O–H groups in total. The normalized spacial score (nSPS) is 21.0. The molecule has 16 heavy (non-hydrogen) atoms. The Kier molecular flexibility index (Phi) is 5.77. The van der Waals surface area contributed by atoms with Gasteiger partial charge >= 0.3 is 0 Å². The smallest absolute Gasteiger partial charge is 0.0468 e. The van der Waals surface area contributed by atoms with Crippen molar-refractivity contribution in [1.82, 2.24) is 5.32 Å². The lowest BCUT2D eigenvalue weighted by atomic mass is 9.82. The van der Waals surface area contributed by atoms with Crippen molar-refractivity contribution in [3.63, 3.8) is 0 Å². The van der Waals surface area contributed by atoms with Gasteiger partial charge in [-0.25, -0.2) is 0 Å². The average Bonchev–Trinajstić information content (AvgIpc) is 2.24. The summed E-state index contributed by atoms with van der Waals surface area (Å²) in [5.74, 6) is 0.922. The van der Waals surface area contributed by atoms with Crippen LogP contribution in [0.2, 0.25) is 0 Å². The van der Waals surface area contributed by atoms with Crippen LogP contribution < -0.4 is 5.32 Å². The number of ether oxygens (including phenoxy) is 1. The summed E-state index contributed by atoms with van der Waals surface area (Å²) >= 11 is 0. The summed E-state index contributed by atoms with van der Waals surface area (Å²) in [6.45, 7) is 8.94. The van der Waals surface area contributed by atoms with E-state index in [0.717, 1.165) is 19.1 Å². The van der Waals surface area contributed by atoms with E-state index >= 15 is 0 Å². The van der Waals surface area contributed by atoms with Crippen molar-refractivity contribution in [2.75, 3.05) is 20.3 Å². The first-order chi connectivity index (χ1) is 7.54. The molecule has 0 spiro atoms. The molecule has 0 bridgehead atoms. The molecule has 0 radical (unpaired) electrons. The minimum absolute atomic E-state index is 0.379. The third-order valence-corrected chi connectivity index (χ3v) is 3.84. The maximum absolute atomic E-state index is 5.39. The fourth-order valence-electron chi connectivity index (χ4n) is 2.66. The highest BCUT2D eigenvalue weighted by molar-refractivity contribution is 4.79. The predicted molar refractivity (Wildman–Crippen MR) is 69.7 cm³/mol. The van der Waals surface area contributed by atoms with Gasteiger partial charge in [-0.1, -0.05) is 33.6 Å². The van der Waals surface area contributed by atoms with Crippen LogP contribution in [0, 0.1) is 11.3 Å². The van der Waals surface area contributed by atoms with E-state index in [-0.39, 0.29) is 0 Å². The lowest BCUT2D eigenvalue weighted by Gasteiger charge is -2.31. The molecular weight excluding hydrogens is 198 g/mol. The van der Waals surface area contributed by atoms with Crippen LogP contribution in [0.4, 0.5) is 0 Å². The van der Waals surface area contributed by atoms with Gasteiger partial charge in [-0.05, 0) is 37.6 Å². The lowest BCUT2D eigenvalue weighted by molar-refractivity contribution is 0.0625. The number of hydrogen-bond acceptors (Lipinski definition) is 2. The molecule has 1 saturated heterocycles. The van der Waals surface area contributed by atoms with E-state index in [1.165, 1.54) is 32.1 Å². The van der Waals surface area contributed by atoms with Gasteiger partial charge in [0.05, 0.1) is 0 Å². The number of nitrogens with one attached hydrogen (secondary N) is 1. The van der Waals surface area contributed by atoms with Crippen LogP contribution in [0.3, 0.4) is 0 Å². The second-order valence-corrected chi connectivity index (χ2v) is 6.19. The van der Waals surface area contributed by atoms with Crippen LogP contribution in [-0.4, -0.2) is 26.3 Å². The van der Waals surface area contributed by atoms with Crippen molar-refractivity contribution >= 4 is 0 Å². The Morgan fingerprint density at radius 2 is 1.88 bits per heavy atom. The average molecular weight is 227 g/mol. The molecule has 0 aromatic rings. The third-order valence-electron chi connectivity index (χ3n) is 3.84. The van der Waals surface area contributed by atoms with E-state index in [9.17, 15) is 0 Å². The van der Waals surface area contributed by atoms with E-state index in [1.807, 2.05) is 0 Å². The van der Waals surface area contributed by atoms with Gasteiger partial charge in [-0.3, -0.25) is 0 Å². The van der Waals surface area contributed by atoms with Crippen LogP contribution >= 0.6 is 0 Å². The van der Waals surface area contributed by atoms with Gasteiger partial charge in [0.2, 0.25) is 0 Å². The summed E-state index contributed by atoms with van der Waals surface area (Å²) in [6, 6.07) is 0.646. The van der Waals surface area contributed by atoms with Gasteiger partial charge in [-0.15, -0.1) is 0 Å². The molecule has 1 atom stereocenters. The molecule has 0 amide bonds. The maximum atomic E-state index is 5.39. The van der Waals surface area contributed by atoms with Crippen molar-refractivity contribution in [3.05, 3.63) is 0 Å². The first-order valence-corrected chi connectivity index (χ1v) is 6.79. The van der Waals surface area contributed by atoms with Gasteiger partial charge in [0.25, 0.3) is 0 Å². The molecule has 1 aliphatic heterocycles. The van der Waals surface area contributed by atoms with Crippen molar-refractivity contribution in [2.45, 2.75) is 58.9 Å². The Labute approximate surface area is 101 Å². The first-order valence-electron chi connectivity index (χ1n) is 6.79. The number of hydrogen-bond donors (Lipinski definition) is 1. The lowest BCUT2D eigenvalue weighted by Crippen LogP contribution is -2.38. The fraction of sp³-hybridized carbons (Fsp3) is 1.00. The Morgan fingerprint density at radius 1 is 1.25 bits per heavy atom. The Morgan fingerprint density at radius 3 is 2.38 bits per heavy atom. The molecule has 1 rings (SSSR count). The maximum Gasteiger partial charge on any atom is 0.0468 e. The molecule has 0 aromatic heterocycles. The minimum atomic E-state index is 0.379. The summed E-state index contributed by atoms with van der Waals surface area (Å²) in [5, 5.41) is 3.46. The van der Waals surface area contributed by atoms with Gasteiger partial charge < -0.3 is 10.1 Å². The number of rotatable bonds is 5. The van der Waals surface area contributed by atoms with Crippen molar-refractivity contribution in [3.8, 4) is 0 Å². The summed E-state index contributed by atoms with van der Waals surface area (Å²) < 4.78 is 5.39. The van der Waals surface area contributed by atoms with E-state index < -0.39 is 0 Å². The molecule has 0 aliphatic carbocycles. The molecule has 1 fully saturated rings. The zero-order valence-corrected chi connectivity index (χ0v) is 11.5. The SMILES string of the molecule is CNC(CCCC1CCOCC1)C(C)(C)C. The molecule has 0 saturated carbocycles. The summed E-state index contributed by atoms with van der Waals surface area (Å²) in [5.41, 5.74) is 0.379. The molecule has 1 aliphatic rings. The second-order valence-electron chi connectivity index (χ2n) is 6.19. The molecule has 1 unspecified atom stereocenters. The van der Waals surface area contributed by atoms with E-state index in [1.54, 1.807) is 0 Å². The Bertz CT molecular complexity index is 180. The molecule has 2 heteroatoms. The monoisotopic (exact) mass is 227 g/mol. The van der Waals surface area contributed by atoms with E-state index in [2.05, 4.69) is 33.1 Å². The van der Waals surface area contributed by atoms with Crippen LogP contribution in [0.1, 0.15) is 52.9 Å². The first kappa shape index (κ1) is 14.0. The van der Waals surface area contributed by atoms with Gasteiger partial charge in [0, 0.05) is 19.3 Å². The van der Waals surface area contributed by atoms with Crippen molar-refractivity contribution in [2.24, 2.45) is 11.3 Å². The summed E-state index contributed by atoms with van der Waals surface area (Å²) in [6.07, 6.45) is 6.60. The fourth-order valence-corrected chi connectivity index (χ4v) is 2.66. The highest BCUT2D eigenvalue weighted by atomic mass is 16.5. The zero-order valence-electron chi connectivity index (χ0n) is 11.5. The van der Waals surface area contributed by atoms with E-state index in [4.69, 9.17) is 4.74 Å². The van der Waals surface area contributed by atoms with Crippen LogP contribution in [0.25, 0.3) is 0 Å². The third kappa shape index (κ3) is 4.84. The molecular formula is C14H29NO. The topological polar surface area (TPSA) is 21.3 Å². The summed E-state index contributed by atoms with van der Waals surface area (Å²) in [7, 11) is 2.09.